The molecular formula is C15H14BrN5O2. The summed E-state index contributed by atoms with van der Waals surface area (Å²) in [6, 6.07) is 8.93. The third kappa shape index (κ3) is 3.16. The van der Waals surface area contributed by atoms with E-state index in [1.807, 2.05) is 25.1 Å². The van der Waals surface area contributed by atoms with Crippen molar-refractivity contribution in [3.63, 3.8) is 0 Å². The number of aromatic nitrogens is 4. The summed E-state index contributed by atoms with van der Waals surface area (Å²) in [6.07, 6.45) is 1.60. The predicted octanol–water partition coefficient (Wildman–Crippen LogP) is 2.39. The average Bonchev–Trinajstić information content (AvgIpc) is 3.02. The predicted molar refractivity (Wildman–Crippen MR) is 87.4 cm³/mol. The summed E-state index contributed by atoms with van der Waals surface area (Å²) in [5, 5.41) is 14.1. The molecule has 1 atom stereocenters. The number of hydrogen-bond donors (Lipinski definition) is 1. The fourth-order valence-corrected chi connectivity index (χ4v) is 2.75. The number of rotatable bonds is 4. The van der Waals surface area contributed by atoms with Gasteiger partial charge in [-0.05, 0) is 63.1 Å². The number of halogens is 1. The number of pyridine rings is 1. The van der Waals surface area contributed by atoms with Crippen LogP contribution in [-0.4, -0.2) is 33.1 Å². The zero-order chi connectivity index (χ0) is 16.4. The maximum absolute atomic E-state index is 12.4. The molecule has 0 aliphatic carbocycles. The molecule has 118 valence electrons. The van der Waals surface area contributed by atoms with Crippen LogP contribution in [0.25, 0.3) is 5.65 Å². The summed E-state index contributed by atoms with van der Waals surface area (Å²) < 4.78 is 7.51. The number of ether oxygens (including phenoxy) is 1. The van der Waals surface area contributed by atoms with Crippen LogP contribution in [0.4, 0.5) is 0 Å². The first-order valence-electron chi connectivity index (χ1n) is 6.90. The number of nitrogens with one attached hydrogen (secondary N) is 1. The van der Waals surface area contributed by atoms with Gasteiger partial charge in [-0.15, -0.1) is 5.10 Å². The summed E-state index contributed by atoms with van der Waals surface area (Å²) in [6.45, 7) is 1.92. The standard InChI is InChI=1S/C15H14BrN5O2/c1-9(10-3-5-13(23-2)12(16)7-10)17-15(22)11-4-6-14-18-19-20-21(14)8-11/h3-9H,1-2H3,(H,17,22). The Kier molecular flexibility index (Phi) is 4.24. The highest BCUT2D eigenvalue weighted by molar-refractivity contribution is 9.10. The third-order valence-electron chi connectivity index (χ3n) is 3.48. The molecule has 0 radical (unpaired) electrons. The molecule has 0 aliphatic rings. The first-order valence-corrected chi connectivity index (χ1v) is 7.70. The highest BCUT2D eigenvalue weighted by Crippen LogP contribution is 2.28. The second-order valence-corrected chi connectivity index (χ2v) is 5.84. The van der Waals surface area contributed by atoms with Gasteiger partial charge in [0.05, 0.1) is 23.2 Å². The van der Waals surface area contributed by atoms with E-state index < -0.39 is 0 Å². The van der Waals surface area contributed by atoms with E-state index in [2.05, 4.69) is 36.8 Å². The van der Waals surface area contributed by atoms with Gasteiger partial charge < -0.3 is 10.1 Å². The van der Waals surface area contributed by atoms with Crippen LogP contribution in [-0.2, 0) is 0 Å². The Hall–Kier alpha value is -2.48. The van der Waals surface area contributed by atoms with Crippen LogP contribution in [0.1, 0.15) is 28.9 Å². The molecular weight excluding hydrogens is 362 g/mol. The molecule has 1 unspecified atom stereocenters. The first kappa shape index (κ1) is 15.4. The number of tetrazole rings is 1. The van der Waals surface area contributed by atoms with Gasteiger partial charge >= 0.3 is 0 Å². The minimum absolute atomic E-state index is 0.158. The first-order chi connectivity index (χ1) is 11.1. The number of carbonyl (C=O) groups is 1. The number of hydrogen-bond acceptors (Lipinski definition) is 5. The van der Waals surface area contributed by atoms with Crippen LogP contribution in [0, 0.1) is 0 Å². The van der Waals surface area contributed by atoms with Crippen molar-refractivity contribution in [2.75, 3.05) is 7.11 Å². The summed E-state index contributed by atoms with van der Waals surface area (Å²) in [7, 11) is 1.61. The Morgan fingerprint density at radius 3 is 2.91 bits per heavy atom. The molecule has 3 aromatic rings. The van der Waals surface area contributed by atoms with E-state index in [1.54, 1.807) is 25.4 Å². The van der Waals surface area contributed by atoms with Gasteiger partial charge in [0.25, 0.3) is 5.91 Å². The molecule has 23 heavy (non-hydrogen) atoms. The van der Waals surface area contributed by atoms with Crippen molar-refractivity contribution in [1.82, 2.24) is 25.4 Å². The van der Waals surface area contributed by atoms with E-state index in [0.29, 0.717) is 11.2 Å². The summed E-state index contributed by atoms with van der Waals surface area (Å²) in [4.78, 5) is 12.4. The average molecular weight is 376 g/mol. The number of amides is 1. The Morgan fingerprint density at radius 1 is 1.35 bits per heavy atom. The zero-order valence-corrected chi connectivity index (χ0v) is 14.1. The second kappa shape index (κ2) is 6.33. The molecule has 2 aromatic heterocycles. The molecule has 1 aromatic carbocycles. The minimum Gasteiger partial charge on any atom is -0.496 e. The lowest BCUT2D eigenvalue weighted by Gasteiger charge is -2.15. The monoisotopic (exact) mass is 375 g/mol. The summed E-state index contributed by atoms with van der Waals surface area (Å²) in [5.74, 6) is 0.554. The smallest absolute Gasteiger partial charge is 0.253 e. The van der Waals surface area contributed by atoms with Crippen LogP contribution in [0.5, 0.6) is 5.75 Å². The van der Waals surface area contributed by atoms with E-state index in [1.165, 1.54) is 4.52 Å². The van der Waals surface area contributed by atoms with Crippen molar-refractivity contribution in [2.24, 2.45) is 0 Å². The van der Waals surface area contributed by atoms with Crippen molar-refractivity contribution in [2.45, 2.75) is 13.0 Å². The van der Waals surface area contributed by atoms with Gasteiger partial charge in [0.1, 0.15) is 5.75 Å². The van der Waals surface area contributed by atoms with Crippen LogP contribution in [0.3, 0.4) is 0 Å². The number of carbonyl (C=O) groups excluding carboxylic acids is 1. The Labute approximate surface area is 140 Å². The number of nitrogens with zero attached hydrogens (tertiary/aromatic N) is 4. The van der Waals surface area contributed by atoms with Gasteiger partial charge in [-0.1, -0.05) is 6.07 Å². The van der Waals surface area contributed by atoms with Crippen molar-refractivity contribution >= 4 is 27.5 Å². The lowest BCUT2D eigenvalue weighted by atomic mass is 10.1. The number of benzene rings is 1. The quantitative estimate of drug-likeness (QED) is 0.756. The molecule has 0 fully saturated rings. The second-order valence-electron chi connectivity index (χ2n) is 4.99. The van der Waals surface area contributed by atoms with Crippen LogP contribution in [0.2, 0.25) is 0 Å². The minimum atomic E-state index is -0.193. The van der Waals surface area contributed by atoms with E-state index in [-0.39, 0.29) is 11.9 Å². The molecule has 0 aliphatic heterocycles. The summed E-state index contributed by atoms with van der Waals surface area (Å²) >= 11 is 3.45. The van der Waals surface area contributed by atoms with Crippen molar-refractivity contribution < 1.29 is 9.53 Å². The molecule has 0 saturated heterocycles. The molecule has 8 heteroatoms. The van der Waals surface area contributed by atoms with Crippen molar-refractivity contribution in [1.29, 1.82) is 0 Å². The maximum Gasteiger partial charge on any atom is 0.253 e. The van der Waals surface area contributed by atoms with Gasteiger partial charge in [-0.3, -0.25) is 4.79 Å². The molecule has 0 bridgehead atoms. The van der Waals surface area contributed by atoms with Gasteiger partial charge in [-0.25, -0.2) is 0 Å². The van der Waals surface area contributed by atoms with Gasteiger partial charge in [-0.2, -0.15) is 4.52 Å². The highest BCUT2D eigenvalue weighted by atomic mass is 79.9. The number of methoxy groups -OCH3 is 1. The van der Waals surface area contributed by atoms with Crippen LogP contribution < -0.4 is 10.1 Å². The van der Waals surface area contributed by atoms with Gasteiger partial charge in [0.2, 0.25) is 0 Å². The maximum atomic E-state index is 12.4. The number of fused-ring (bicyclic) bond motifs is 1. The molecule has 1 N–H and O–H groups in total. The summed E-state index contributed by atoms with van der Waals surface area (Å²) in [5.41, 5.74) is 2.05. The SMILES string of the molecule is COc1ccc(C(C)NC(=O)c2ccc3nnnn3c2)cc1Br. The highest BCUT2D eigenvalue weighted by Gasteiger charge is 2.14. The molecule has 3 rings (SSSR count). The fourth-order valence-electron chi connectivity index (χ4n) is 2.19. The van der Waals surface area contributed by atoms with Crippen LogP contribution >= 0.6 is 15.9 Å². The van der Waals surface area contributed by atoms with E-state index in [9.17, 15) is 4.79 Å². The third-order valence-corrected chi connectivity index (χ3v) is 4.10. The lowest BCUT2D eigenvalue weighted by molar-refractivity contribution is 0.0939. The lowest BCUT2D eigenvalue weighted by Crippen LogP contribution is -2.26. The van der Waals surface area contributed by atoms with Crippen molar-refractivity contribution in [3.05, 3.63) is 52.1 Å². The van der Waals surface area contributed by atoms with E-state index >= 15 is 0 Å². The largest absolute Gasteiger partial charge is 0.496 e. The molecule has 1 amide bonds. The van der Waals surface area contributed by atoms with Gasteiger partial charge in [0.15, 0.2) is 5.65 Å². The molecule has 7 nitrogen and oxygen atoms in total. The van der Waals surface area contributed by atoms with Crippen molar-refractivity contribution in [3.8, 4) is 5.75 Å². The fraction of sp³-hybridized carbons (Fsp3) is 0.200. The van der Waals surface area contributed by atoms with Gasteiger partial charge in [0, 0.05) is 6.20 Å². The molecule has 0 spiro atoms. The van der Waals surface area contributed by atoms with E-state index in [0.717, 1.165) is 15.8 Å². The zero-order valence-electron chi connectivity index (χ0n) is 12.5. The van der Waals surface area contributed by atoms with E-state index in [4.69, 9.17) is 4.74 Å². The van der Waals surface area contributed by atoms with Crippen LogP contribution in [0.15, 0.2) is 41.0 Å². The normalized spacial score (nSPS) is 12.1. The Morgan fingerprint density at radius 2 is 2.17 bits per heavy atom. The Balaban J connectivity index is 1.77. The molecule has 2 heterocycles. The molecule has 0 saturated carbocycles. The Bertz CT molecular complexity index is 864. The topological polar surface area (TPSA) is 81.4 Å².